The van der Waals surface area contributed by atoms with Gasteiger partial charge in [-0.1, -0.05) is 0 Å². The third kappa shape index (κ3) is 2.92. The van der Waals surface area contributed by atoms with E-state index in [9.17, 15) is 13.6 Å². The van der Waals surface area contributed by atoms with E-state index in [1.54, 1.807) is 0 Å². The number of rotatable bonds is 4. The van der Waals surface area contributed by atoms with E-state index < -0.39 is 23.6 Å². The summed E-state index contributed by atoms with van der Waals surface area (Å²) in [5, 5.41) is 8.64. The number of halogens is 3. The van der Waals surface area contributed by atoms with Gasteiger partial charge in [-0.3, -0.25) is 4.79 Å². The van der Waals surface area contributed by atoms with E-state index in [0.717, 1.165) is 6.07 Å². The molecule has 0 spiro atoms. The van der Waals surface area contributed by atoms with Gasteiger partial charge < -0.3 is 15.6 Å². The molecule has 0 amide bonds. The van der Waals surface area contributed by atoms with Gasteiger partial charge in [0.25, 0.3) is 0 Å². The van der Waals surface area contributed by atoms with Crippen LogP contribution in [0.25, 0.3) is 0 Å². The average Bonchev–Trinajstić information content (AvgIpc) is 2.25. The molecular formula is C10H10BrF2NO3. The minimum atomic E-state index is -1.33. The number of benzene rings is 1. The summed E-state index contributed by atoms with van der Waals surface area (Å²) in [6.07, 6.45) is -0.360. The first-order chi connectivity index (χ1) is 7.88. The van der Waals surface area contributed by atoms with Crippen molar-refractivity contribution >= 4 is 21.9 Å². The number of methoxy groups -OCH3 is 1. The number of carboxylic acid groups (broad SMARTS) is 1. The Morgan fingerprint density at radius 1 is 1.65 bits per heavy atom. The highest BCUT2D eigenvalue weighted by Crippen LogP contribution is 2.31. The second kappa shape index (κ2) is 5.42. The van der Waals surface area contributed by atoms with Crippen molar-refractivity contribution in [3.05, 3.63) is 27.7 Å². The third-order valence-corrected chi connectivity index (χ3v) is 2.74. The third-order valence-electron chi connectivity index (χ3n) is 2.16. The molecule has 1 rings (SSSR count). The van der Waals surface area contributed by atoms with Gasteiger partial charge in [0, 0.05) is 12.0 Å². The molecule has 94 valence electrons. The first kappa shape index (κ1) is 13.9. The maximum absolute atomic E-state index is 13.7. The molecule has 1 atom stereocenters. The highest BCUT2D eigenvalue weighted by Gasteiger charge is 2.23. The van der Waals surface area contributed by atoms with Crippen molar-refractivity contribution < 1.29 is 23.4 Å². The minimum Gasteiger partial charge on any atom is -0.493 e. The van der Waals surface area contributed by atoms with Crippen LogP contribution in [0.1, 0.15) is 5.56 Å². The molecule has 0 heterocycles. The van der Waals surface area contributed by atoms with E-state index in [1.165, 1.54) is 7.11 Å². The molecular weight excluding hydrogens is 300 g/mol. The predicted molar refractivity (Wildman–Crippen MR) is 59.9 cm³/mol. The predicted octanol–water partition coefficient (Wildman–Crippen LogP) is 1.69. The summed E-state index contributed by atoms with van der Waals surface area (Å²) in [6, 6.07) is -0.420. The Morgan fingerprint density at radius 2 is 2.24 bits per heavy atom. The van der Waals surface area contributed by atoms with Crippen molar-refractivity contribution in [2.75, 3.05) is 7.11 Å². The van der Waals surface area contributed by atoms with Gasteiger partial charge in [0.15, 0.2) is 11.6 Å². The quantitative estimate of drug-likeness (QED) is 0.830. The summed E-state index contributed by atoms with van der Waals surface area (Å²) >= 11 is 2.83. The van der Waals surface area contributed by atoms with Crippen LogP contribution in [0.5, 0.6) is 5.75 Å². The average molecular weight is 310 g/mol. The number of hydrogen-bond acceptors (Lipinski definition) is 3. The second-order valence-electron chi connectivity index (χ2n) is 3.31. The Kier molecular flexibility index (Phi) is 4.41. The van der Waals surface area contributed by atoms with Crippen LogP contribution in [0, 0.1) is 11.6 Å². The summed E-state index contributed by atoms with van der Waals surface area (Å²) in [5.74, 6) is -3.19. The van der Waals surface area contributed by atoms with Crippen LogP contribution in [0.4, 0.5) is 8.78 Å². The van der Waals surface area contributed by atoms with Crippen molar-refractivity contribution in [1.29, 1.82) is 0 Å². The number of ether oxygens (including phenoxy) is 1. The molecule has 0 fully saturated rings. The Labute approximate surface area is 104 Å². The Hall–Kier alpha value is -1.21. The largest absolute Gasteiger partial charge is 0.493 e. The zero-order chi connectivity index (χ0) is 13.2. The maximum Gasteiger partial charge on any atom is 0.320 e. The Morgan fingerprint density at radius 3 is 2.71 bits per heavy atom. The van der Waals surface area contributed by atoms with Crippen molar-refractivity contribution in [3.63, 3.8) is 0 Å². The molecule has 0 bridgehead atoms. The molecule has 1 aromatic carbocycles. The van der Waals surface area contributed by atoms with Crippen LogP contribution in [0.3, 0.4) is 0 Å². The number of carbonyl (C=O) groups is 1. The normalized spacial score (nSPS) is 12.3. The second-order valence-corrected chi connectivity index (χ2v) is 4.17. The SMILES string of the molecule is COc1c(F)cc(Br)c(F)c1CC(N)C(=O)O. The summed E-state index contributed by atoms with van der Waals surface area (Å²) in [7, 11) is 1.17. The van der Waals surface area contributed by atoms with Crippen LogP contribution in [-0.2, 0) is 11.2 Å². The summed E-state index contributed by atoms with van der Waals surface area (Å²) in [5.41, 5.74) is 5.08. The zero-order valence-corrected chi connectivity index (χ0v) is 10.4. The van der Waals surface area contributed by atoms with Gasteiger partial charge in [0.1, 0.15) is 11.9 Å². The van der Waals surface area contributed by atoms with Gasteiger partial charge in [0.2, 0.25) is 0 Å². The highest BCUT2D eigenvalue weighted by atomic mass is 79.9. The Balaban J connectivity index is 3.25. The van der Waals surface area contributed by atoms with Crippen molar-refractivity contribution in [2.45, 2.75) is 12.5 Å². The fourth-order valence-electron chi connectivity index (χ4n) is 1.34. The number of nitrogens with two attached hydrogens (primary N) is 1. The lowest BCUT2D eigenvalue weighted by Crippen LogP contribution is -2.32. The first-order valence-electron chi connectivity index (χ1n) is 4.57. The fourth-order valence-corrected chi connectivity index (χ4v) is 1.78. The maximum atomic E-state index is 13.7. The molecule has 17 heavy (non-hydrogen) atoms. The van der Waals surface area contributed by atoms with Crippen LogP contribution in [0.2, 0.25) is 0 Å². The fraction of sp³-hybridized carbons (Fsp3) is 0.300. The van der Waals surface area contributed by atoms with Crippen molar-refractivity contribution in [1.82, 2.24) is 0 Å². The molecule has 0 aliphatic rings. The van der Waals surface area contributed by atoms with E-state index in [4.69, 9.17) is 15.6 Å². The monoisotopic (exact) mass is 309 g/mol. The molecule has 1 unspecified atom stereocenters. The lowest BCUT2D eigenvalue weighted by atomic mass is 10.0. The molecule has 0 radical (unpaired) electrons. The number of aliphatic carboxylic acids is 1. The topological polar surface area (TPSA) is 72.5 Å². The zero-order valence-electron chi connectivity index (χ0n) is 8.84. The summed E-state index contributed by atoms with van der Waals surface area (Å²) in [4.78, 5) is 10.6. The summed E-state index contributed by atoms with van der Waals surface area (Å²) < 4.78 is 31.7. The molecule has 4 nitrogen and oxygen atoms in total. The van der Waals surface area contributed by atoms with Gasteiger partial charge >= 0.3 is 5.97 Å². The van der Waals surface area contributed by atoms with Crippen LogP contribution >= 0.6 is 15.9 Å². The van der Waals surface area contributed by atoms with Crippen LogP contribution in [0.15, 0.2) is 10.5 Å². The molecule has 7 heteroatoms. The van der Waals surface area contributed by atoms with Gasteiger partial charge in [-0.25, -0.2) is 8.78 Å². The first-order valence-corrected chi connectivity index (χ1v) is 5.36. The van der Waals surface area contributed by atoms with Gasteiger partial charge in [0.05, 0.1) is 11.6 Å². The number of carboxylic acids is 1. The lowest BCUT2D eigenvalue weighted by Gasteiger charge is -2.13. The molecule has 0 aliphatic heterocycles. The van der Waals surface area contributed by atoms with E-state index in [2.05, 4.69) is 15.9 Å². The highest BCUT2D eigenvalue weighted by molar-refractivity contribution is 9.10. The summed E-state index contributed by atoms with van der Waals surface area (Å²) in [6.45, 7) is 0. The molecule has 0 saturated heterocycles. The molecule has 3 N–H and O–H groups in total. The van der Waals surface area contributed by atoms with Crippen molar-refractivity contribution in [3.8, 4) is 5.75 Å². The van der Waals surface area contributed by atoms with E-state index >= 15 is 0 Å². The molecule has 0 aromatic heterocycles. The van der Waals surface area contributed by atoms with Gasteiger partial charge in [-0.05, 0) is 22.0 Å². The number of hydrogen-bond donors (Lipinski definition) is 2. The van der Waals surface area contributed by atoms with Gasteiger partial charge in [-0.15, -0.1) is 0 Å². The molecule has 0 aliphatic carbocycles. The molecule has 1 aromatic rings. The Bertz CT molecular complexity index is 454. The lowest BCUT2D eigenvalue weighted by molar-refractivity contribution is -0.138. The van der Waals surface area contributed by atoms with Crippen molar-refractivity contribution in [2.24, 2.45) is 5.73 Å². The van der Waals surface area contributed by atoms with E-state index in [-0.39, 0.29) is 22.2 Å². The van der Waals surface area contributed by atoms with Gasteiger partial charge in [-0.2, -0.15) is 0 Å². The van der Waals surface area contributed by atoms with Crippen LogP contribution in [-0.4, -0.2) is 24.2 Å². The van der Waals surface area contributed by atoms with E-state index in [1.807, 2.05) is 0 Å². The standard InChI is InChI=1S/C10H10BrF2NO3/c1-17-9-4(2-7(14)10(15)16)8(13)5(11)3-6(9)12/h3,7H,2,14H2,1H3,(H,15,16). The molecule has 0 saturated carbocycles. The van der Waals surface area contributed by atoms with Crippen LogP contribution < -0.4 is 10.5 Å². The van der Waals surface area contributed by atoms with E-state index in [0.29, 0.717) is 0 Å². The minimum absolute atomic E-state index is 0.108. The smallest absolute Gasteiger partial charge is 0.320 e.